The largest absolute Gasteiger partial charge is 0.478 e. The topological polar surface area (TPSA) is 69.6 Å². The molecule has 1 rings (SSSR count). The van der Waals surface area contributed by atoms with E-state index in [0.717, 1.165) is 12.0 Å². The van der Waals surface area contributed by atoms with Crippen molar-refractivity contribution in [3.8, 4) is 0 Å². The third-order valence-corrected chi connectivity index (χ3v) is 3.34. The number of carboxylic acids is 1. The van der Waals surface area contributed by atoms with Crippen LogP contribution in [0.5, 0.6) is 0 Å². The Morgan fingerprint density at radius 2 is 2.17 bits per heavy atom. The van der Waals surface area contributed by atoms with Gasteiger partial charge in [0.2, 0.25) is 0 Å². The Hall–Kier alpha value is -1.39. The molecule has 0 saturated carbocycles. The van der Waals surface area contributed by atoms with Crippen LogP contribution in [0.3, 0.4) is 0 Å². The van der Waals surface area contributed by atoms with E-state index in [4.69, 9.17) is 10.2 Å². The molecule has 0 aliphatic rings. The van der Waals surface area contributed by atoms with E-state index in [1.807, 2.05) is 6.07 Å². The number of aromatic carboxylic acids is 1. The van der Waals surface area contributed by atoms with Crippen molar-refractivity contribution < 1.29 is 15.0 Å². The molecule has 0 bridgehead atoms. The fourth-order valence-corrected chi connectivity index (χ4v) is 1.77. The van der Waals surface area contributed by atoms with E-state index in [1.165, 1.54) is 0 Å². The smallest absolute Gasteiger partial charge is 0.335 e. The van der Waals surface area contributed by atoms with E-state index in [2.05, 4.69) is 19.2 Å². The molecule has 0 aliphatic carbocycles. The molecular weight excluding hydrogens is 230 g/mol. The summed E-state index contributed by atoms with van der Waals surface area (Å²) in [6.07, 6.45) is 1.59. The Morgan fingerprint density at radius 1 is 1.44 bits per heavy atom. The third kappa shape index (κ3) is 4.13. The molecule has 1 atom stereocenters. The normalized spacial score (nSPS) is 14.2. The van der Waals surface area contributed by atoms with Gasteiger partial charge in [0.25, 0.3) is 0 Å². The Labute approximate surface area is 108 Å². The second kappa shape index (κ2) is 6.52. The van der Waals surface area contributed by atoms with Crippen LogP contribution in [0.2, 0.25) is 0 Å². The van der Waals surface area contributed by atoms with E-state index in [1.54, 1.807) is 18.2 Å². The predicted octanol–water partition coefficient (Wildman–Crippen LogP) is 2.03. The first-order chi connectivity index (χ1) is 8.50. The van der Waals surface area contributed by atoms with Gasteiger partial charge in [-0.3, -0.25) is 0 Å². The molecule has 4 nitrogen and oxygen atoms in total. The van der Waals surface area contributed by atoms with Gasteiger partial charge in [0, 0.05) is 18.7 Å². The van der Waals surface area contributed by atoms with Crippen LogP contribution in [0.4, 0.5) is 0 Å². The second-order valence-corrected chi connectivity index (χ2v) is 4.75. The lowest BCUT2D eigenvalue weighted by Gasteiger charge is -2.29. The zero-order valence-electron chi connectivity index (χ0n) is 10.9. The summed E-state index contributed by atoms with van der Waals surface area (Å²) in [5, 5.41) is 21.3. The van der Waals surface area contributed by atoms with E-state index < -0.39 is 5.97 Å². The van der Waals surface area contributed by atoms with Crippen molar-refractivity contribution in [2.24, 2.45) is 0 Å². The number of rotatable bonds is 7. The van der Waals surface area contributed by atoms with Gasteiger partial charge >= 0.3 is 5.97 Å². The summed E-state index contributed by atoms with van der Waals surface area (Å²) in [6.45, 7) is 4.87. The molecule has 1 aromatic rings. The molecule has 3 N–H and O–H groups in total. The molecule has 18 heavy (non-hydrogen) atoms. The van der Waals surface area contributed by atoms with Crippen molar-refractivity contribution >= 4 is 5.97 Å². The van der Waals surface area contributed by atoms with Gasteiger partial charge in [-0.2, -0.15) is 0 Å². The Balaban J connectivity index is 2.67. The highest BCUT2D eigenvalue weighted by Crippen LogP contribution is 2.15. The minimum atomic E-state index is -0.912. The minimum absolute atomic E-state index is 0.117. The highest BCUT2D eigenvalue weighted by molar-refractivity contribution is 5.87. The molecule has 0 fully saturated rings. The lowest BCUT2D eigenvalue weighted by Crippen LogP contribution is -2.42. The fraction of sp³-hybridized carbons (Fsp3) is 0.500. The van der Waals surface area contributed by atoms with Crippen LogP contribution in [0.25, 0.3) is 0 Å². The monoisotopic (exact) mass is 251 g/mol. The molecule has 0 radical (unpaired) electrons. The van der Waals surface area contributed by atoms with Crippen LogP contribution in [-0.4, -0.2) is 28.3 Å². The van der Waals surface area contributed by atoms with Crippen LogP contribution in [0.1, 0.15) is 42.6 Å². The van der Waals surface area contributed by atoms with Crippen LogP contribution in [0.15, 0.2) is 24.3 Å². The van der Waals surface area contributed by atoms with Crippen molar-refractivity contribution in [1.29, 1.82) is 0 Å². The third-order valence-electron chi connectivity index (χ3n) is 3.34. The van der Waals surface area contributed by atoms with Crippen molar-refractivity contribution in [1.82, 2.24) is 5.32 Å². The van der Waals surface area contributed by atoms with Crippen LogP contribution in [0, 0.1) is 0 Å². The molecule has 0 saturated heterocycles. The number of hydrogen-bond acceptors (Lipinski definition) is 3. The summed E-state index contributed by atoms with van der Waals surface area (Å²) in [5.74, 6) is -0.912. The van der Waals surface area contributed by atoms with Crippen LogP contribution >= 0.6 is 0 Å². The highest BCUT2D eigenvalue weighted by atomic mass is 16.4. The Bertz CT molecular complexity index is 406. The van der Waals surface area contributed by atoms with Gasteiger partial charge in [0.15, 0.2) is 0 Å². The highest BCUT2D eigenvalue weighted by Gasteiger charge is 2.20. The first kappa shape index (κ1) is 14.7. The lowest BCUT2D eigenvalue weighted by atomic mass is 9.94. The fourth-order valence-electron chi connectivity index (χ4n) is 1.77. The summed E-state index contributed by atoms with van der Waals surface area (Å²) in [5.41, 5.74) is 1.12. The standard InChI is InChI=1S/C14H21NO3/c1-3-14(2,7-8-16)15-10-11-5-4-6-12(9-11)13(17)18/h4-6,9,15-16H,3,7-8,10H2,1-2H3,(H,17,18). The quantitative estimate of drug-likeness (QED) is 0.693. The van der Waals surface area contributed by atoms with E-state index in [0.29, 0.717) is 18.5 Å². The average molecular weight is 251 g/mol. The van der Waals surface area contributed by atoms with E-state index >= 15 is 0 Å². The molecule has 0 spiro atoms. The zero-order valence-corrected chi connectivity index (χ0v) is 10.9. The van der Waals surface area contributed by atoms with Crippen molar-refractivity contribution in [2.75, 3.05) is 6.61 Å². The summed E-state index contributed by atoms with van der Waals surface area (Å²) >= 11 is 0. The number of benzene rings is 1. The van der Waals surface area contributed by atoms with E-state index in [-0.39, 0.29) is 12.1 Å². The molecule has 0 aliphatic heterocycles. The van der Waals surface area contributed by atoms with Gasteiger partial charge in [-0.05, 0) is 37.5 Å². The van der Waals surface area contributed by atoms with Gasteiger partial charge in [-0.15, -0.1) is 0 Å². The van der Waals surface area contributed by atoms with Crippen molar-refractivity contribution in [2.45, 2.75) is 38.8 Å². The van der Waals surface area contributed by atoms with Gasteiger partial charge in [-0.1, -0.05) is 19.1 Å². The summed E-state index contributed by atoms with van der Waals surface area (Å²) in [4.78, 5) is 10.9. The number of nitrogens with one attached hydrogen (secondary N) is 1. The summed E-state index contributed by atoms with van der Waals surface area (Å²) < 4.78 is 0. The Morgan fingerprint density at radius 3 is 2.72 bits per heavy atom. The molecular formula is C14H21NO3. The molecule has 4 heteroatoms. The van der Waals surface area contributed by atoms with Gasteiger partial charge in [0.1, 0.15) is 0 Å². The maximum absolute atomic E-state index is 10.9. The first-order valence-electron chi connectivity index (χ1n) is 6.19. The van der Waals surface area contributed by atoms with Gasteiger partial charge < -0.3 is 15.5 Å². The van der Waals surface area contributed by atoms with Crippen molar-refractivity contribution in [3.63, 3.8) is 0 Å². The van der Waals surface area contributed by atoms with Crippen LogP contribution < -0.4 is 5.32 Å². The minimum Gasteiger partial charge on any atom is -0.478 e. The maximum Gasteiger partial charge on any atom is 0.335 e. The number of carbonyl (C=O) groups is 1. The number of aliphatic hydroxyl groups is 1. The number of hydrogen-bond donors (Lipinski definition) is 3. The predicted molar refractivity (Wildman–Crippen MR) is 70.6 cm³/mol. The number of carboxylic acid groups (broad SMARTS) is 1. The van der Waals surface area contributed by atoms with Crippen molar-refractivity contribution in [3.05, 3.63) is 35.4 Å². The lowest BCUT2D eigenvalue weighted by molar-refractivity contribution is 0.0696. The summed E-state index contributed by atoms with van der Waals surface area (Å²) in [6, 6.07) is 6.90. The molecule has 100 valence electrons. The maximum atomic E-state index is 10.9. The molecule has 1 unspecified atom stereocenters. The second-order valence-electron chi connectivity index (χ2n) is 4.75. The molecule has 1 aromatic carbocycles. The average Bonchev–Trinajstić information content (AvgIpc) is 2.37. The van der Waals surface area contributed by atoms with E-state index in [9.17, 15) is 4.79 Å². The van der Waals surface area contributed by atoms with Gasteiger partial charge in [-0.25, -0.2) is 4.79 Å². The first-order valence-corrected chi connectivity index (χ1v) is 6.19. The Kier molecular flexibility index (Phi) is 5.31. The number of aliphatic hydroxyl groups excluding tert-OH is 1. The van der Waals surface area contributed by atoms with Gasteiger partial charge in [0.05, 0.1) is 5.56 Å². The zero-order chi connectivity index (χ0) is 13.6. The van der Waals surface area contributed by atoms with Crippen LogP contribution in [-0.2, 0) is 6.54 Å². The molecule has 0 aromatic heterocycles. The molecule has 0 amide bonds. The SMILES string of the molecule is CCC(C)(CCO)NCc1cccc(C(=O)O)c1. The summed E-state index contributed by atoms with van der Waals surface area (Å²) in [7, 11) is 0. The molecule has 0 heterocycles.